The lowest BCUT2D eigenvalue weighted by molar-refractivity contribution is -0.123. The van der Waals surface area contributed by atoms with Crippen LogP contribution in [0.5, 0.6) is 11.5 Å². The van der Waals surface area contributed by atoms with E-state index in [0.717, 1.165) is 5.56 Å². The molecule has 0 heterocycles. The van der Waals surface area contributed by atoms with Crippen LogP contribution in [0.3, 0.4) is 0 Å². The number of rotatable bonds is 8. The summed E-state index contributed by atoms with van der Waals surface area (Å²) in [6.45, 7) is 10.8. The fourth-order valence-electron chi connectivity index (χ4n) is 2.18. The summed E-state index contributed by atoms with van der Waals surface area (Å²) in [5, 5.41) is 2.99. The molecule has 0 saturated carbocycles. The summed E-state index contributed by atoms with van der Waals surface area (Å²) in [6.07, 6.45) is 0. The number of carbonyl (C=O) groups excluding carboxylic acids is 1. The molecule has 1 unspecified atom stereocenters. The first-order valence-corrected chi connectivity index (χ1v) is 7.86. The van der Waals surface area contributed by atoms with E-state index in [1.807, 2.05) is 32.0 Å². The molecule has 124 valence electrons. The van der Waals surface area contributed by atoms with E-state index in [4.69, 9.17) is 15.2 Å². The van der Waals surface area contributed by atoms with E-state index in [-0.39, 0.29) is 17.9 Å². The molecule has 1 aromatic carbocycles. The van der Waals surface area contributed by atoms with E-state index in [2.05, 4.69) is 19.2 Å². The van der Waals surface area contributed by atoms with Gasteiger partial charge in [0.2, 0.25) is 5.91 Å². The number of ether oxygens (including phenoxy) is 2. The number of amides is 1. The zero-order valence-electron chi connectivity index (χ0n) is 14.2. The molecule has 2 atom stereocenters. The van der Waals surface area contributed by atoms with Crippen LogP contribution in [-0.2, 0) is 4.79 Å². The highest BCUT2D eigenvalue weighted by Crippen LogP contribution is 2.32. The van der Waals surface area contributed by atoms with E-state index in [1.54, 1.807) is 6.92 Å². The van der Waals surface area contributed by atoms with Gasteiger partial charge in [0.15, 0.2) is 11.5 Å². The van der Waals surface area contributed by atoms with Gasteiger partial charge in [-0.05, 0) is 44.4 Å². The maximum atomic E-state index is 11.9. The smallest absolute Gasteiger partial charge is 0.237 e. The molecule has 0 aromatic heterocycles. The van der Waals surface area contributed by atoms with Crippen molar-refractivity contribution in [2.75, 3.05) is 13.2 Å². The Bertz CT molecular complexity index is 487. The van der Waals surface area contributed by atoms with Gasteiger partial charge in [0.1, 0.15) is 0 Å². The molecule has 0 aliphatic rings. The van der Waals surface area contributed by atoms with E-state index in [1.165, 1.54) is 0 Å². The molecule has 1 aromatic rings. The topological polar surface area (TPSA) is 73.6 Å². The van der Waals surface area contributed by atoms with Crippen LogP contribution in [-0.4, -0.2) is 25.2 Å². The molecule has 1 rings (SSSR count). The van der Waals surface area contributed by atoms with Crippen molar-refractivity contribution in [2.45, 2.75) is 46.7 Å². The van der Waals surface area contributed by atoms with Crippen molar-refractivity contribution in [2.24, 2.45) is 11.7 Å². The van der Waals surface area contributed by atoms with Crippen molar-refractivity contribution in [1.29, 1.82) is 0 Å². The molecule has 22 heavy (non-hydrogen) atoms. The molecule has 0 bridgehead atoms. The first-order valence-electron chi connectivity index (χ1n) is 7.86. The second-order valence-electron chi connectivity index (χ2n) is 5.59. The quantitative estimate of drug-likeness (QED) is 0.774. The van der Waals surface area contributed by atoms with Crippen LogP contribution in [0.1, 0.15) is 46.2 Å². The Morgan fingerprint density at radius 1 is 1.14 bits per heavy atom. The van der Waals surface area contributed by atoms with Crippen LogP contribution in [0.25, 0.3) is 0 Å². The number of hydrogen-bond acceptors (Lipinski definition) is 4. The molecule has 1 amide bonds. The van der Waals surface area contributed by atoms with Crippen molar-refractivity contribution in [3.05, 3.63) is 23.8 Å². The Morgan fingerprint density at radius 2 is 1.73 bits per heavy atom. The van der Waals surface area contributed by atoms with Gasteiger partial charge in [-0.2, -0.15) is 0 Å². The standard InChI is InChI=1S/C17H28N2O3/c1-6-21-14-9-8-13(10-15(14)22-7-2)16(11(3)4)19-17(20)12(5)18/h8-12,16H,6-7,18H2,1-5H3,(H,19,20)/t12-,16?/m1/s1. The number of nitrogens with one attached hydrogen (secondary N) is 1. The van der Waals surface area contributed by atoms with E-state index >= 15 is 0 Å². The molecule has 0 fully saturated rings. The summed E-state index contributed by atoms with van der Waals surface area (Å²) >= 11 is 0. The van der Waals surface area contributed by atoms with Gasteiger partial charge in [0.05, 0.1) is 25.3 Å². The van der Waals surface area contributed by atoms with Crippen molar-refractivity contribution in [3.8, 4) is 11.5 Å². The summed E-state index contributed by atoms with van der Waals surface area (Å²) in [5.74, 6) is 1.48. The third kappa shape index (κ3) is 4.91. The monoisotopic (exact) mass is 308 g/mol. The lowest BCUT2D eigenvalue weighted by Gasteiger charge is -2.25. The molecule has 5 heteroatoms. The number of carbonyl (C=O) groups is 1. The Labute approximate surface area is 133 Å². The van der Waals surface area contributed by atoms with Crippen molar-refractivity contribution >= 4 is 5.91 Å². The zero-order valence-corrected chi connectivity index (χ0v) is 14.2. The predicted octanol–water partition coefficient (Wildman–Crippen LogP) is 2.64. The first-order chi connectivity index (χ1) is 10.4. The van der Waals surface area contributed by atoms with Gasteiger partial charge < -0.3 is 20.5 Å². The van der Waals surface area contributed by atoms with Crippen LogP contribution in [0.15, 0.2) is 18.2 Å². The molecular formula is C17H28N2O3. The van der Waals surface area contributed by atoms with Gasteiger partial charge in [0.25, 0.3) is 0 Å². The minimum Gasteiger partial charge on any atom is -0.490 e. The van der Waals surface area contributed by atoms with Crippen LogP contribution >= 0.6 is 0 Å². The molecule has 0 spiro atoms. The highest BCUT2D eigenvalue weighted by molar-refractivity contribution is 5.81. The summed E-state index contributed by atoms with van der Waals surface area (Å²) in [5.41, 5.74) is 6.63. The predicted molar refractivity (Wildman–Crippen MR) is 88.2 cm³/mol. The Kier molecular flexibility index (Phi) is 7.18. The average molecular weight is 308 g/mol. The number of benzene rings is 1. The van der Waals surface area contributed by atoms with E-state index < -0.39 is 6.04 Å². The molecule has 0 aliphatic carbocycles. The minimum absolute atomic E-state index is 0.117. The average Bonchev–Trinajstić information content (AvgIpc) is 2.46. The van der Waals surface area contributed by atoms with Crippen molar-refractivity contribution < 1.29 is 14.3 Å². The molecule has 0 saturated heterocycles. The van der Waals surface area contributed by atoms with Crippen LogP contribution < -0.4 is 20.5 Å². The van der Waals surface area contributed by atoms with Gasteiger partial charge in [-0.3, -0.25) is 4.79 Å². The van der Waals surface area contributed by atoms with Crippen LogP contribution in [0.4, 0.5) is 0 Å². The maximum Gasteiger partial charge on any atom is 0.237 e. The maximum absolute atomic E-state index is 11.9. The second kappa shape index (κ2) is 8.63. The third-order valence-electron chi connectivity index (χ3n) is 3.30. The summed E-state index contributed by atoms with van der Waals surface area (Å²) in [4.78, 5) is 11.9. The second-order valence-corrected chi connectivity index (χ2v) is 5.59. The van der Waals surface area contributed by atoms with Crippen molar-refractivity contribution in [3.63, 3.8) is 0 Å². The van der Waals surface area contributed by atoms with E-state index in [0.29, 0.717) is 24.7 Å². The Balaban J connectivity index is 3.09. The molecular weight excluding hydrogens is 280 g/mol. The third-order valence-corrected chi connectivity index (χ3v) is 3.30. The Morgan fingerprint density at radius 3 is 2.23 bits per heavy atom. The fraction of sp³-hybridized carbons (Fsp3) is 0.588. The fourth-order valence-corrected chi connectivity index (χ4v) is 2.18. The largest absolute Gasteiger partial charge is 0.490 e. The Hall–Kier alpha value is -1.75. The molecule has 3 N–H and O–H groups in total. The summed E-state index contributed by atoms with van der Waals surface area (Å²) in [7, 11) is 0. The molecule has 5 nitrogen and oxygen atoms in total. The molecule has 0 aliphatic heterocycles. The van der Waals surface area contributed by atoms with Crippen molar-refractivity contribution in [1.82, 2.24) is 5.32 Å². The van der Waals surface area contributed by atoms with Gasteiger partial charge in [0, 0.05) is 0 Å². The first kappa shape index (κ1) is 18.3. The highest BCUT2D eigenvalue weighted by atomic mass is 16.5. The summed E-state index contributed by atoms with van der Waals surface area (Å²) < 4.78 is 11.2. The SMILES string of the molecule is CCOc1ccc(C(NC(=O)[C@@H](C)N)C(C)C)cc1OCC. The lowest BCUT2D eigenvalue weighted by Crippen LogP contribution is -2.41. The van der Waals surface area contributed by atoms with Crippen LogP contribution in [0, 0.1) is 5.92 Å². The number of nitrogens with two attached hydrogens (primary N) is 1. The van der Waals surface area contributed by atoms with Gasteiger partial charge >= 0.3 is 0 Å². The van der Waals surface area contributed by atoms with Gasteiger partial charge in [-0.15, -0.1) is 0 Å². The van der Waals surface area contributed by atoms with Crippen LogP contribution in [0.2, 0.25) is 0 Å². The number of hydrogen-bond donors (Lipinski definition) is 2. The summed E-state index contributed by atoms with van der Waals surface area (Å²) in [6, 6.07) is 5.13. The van der Waals surface area contributed by atoms with E-state index in [9.17, 15) is 4.79 Å². The normalized spacial score (nSPS) is 13.6. The lowest BCUT2D eigenvalue weighted by atomic mass is 9.95. The minimum atomic E-state index is -0.532. The highest BCUT2D eigenvalue weighted by Gasteiger charge is 2.21. The zero-order chi connectivity index (χ0) is 16.7. The van der Waals surface area contributed by atoms with Gasteiger partial charge in [-0.25, -0.2) is 0 Å². The van der Waals surface area contributed by atoms with Gasteiger partial charge in [-0.1, -0.05) is 19.9 Å². The molecule has 0 radical (unpaired) electrons.